The minimum absolute atomic E-state index is 0.168. The first-order chi connectivity index (χ1) is 26.8. The number of hydrogen-bond donors (Lipinski definition) is 7. The van der Waals surface area contributed by atoms with Crippen molar-refractivity contribution >= 4 is 35.8 Å². The van der Waals surface area contributed by atoms with E-state index in [0.717, 1.165) is 19.3 Å². The van der Waals surface area contributed by atoms with Gasteiger partial charge in [-0.05, 0) is 79.6 Å². The number of nitrogens with two attached hydrogens (primary N) is 1. The second kappa shape index (κ2) is 30.5. The van der Waals surface area contributed by atoms with Gasteiger partial charge in [0.15, 0.2) is 0 Å². The van der Waals surface area contributed by atoms with Crippen LogP contribution in [0.2, 0.25) is 0 Å². The molecule has 0 aromatic heterocycles. The predicted molar refractivity (Wildman–Crippen MR) is 225 cm³/mol. The first kappa shape index (κ1) is 53.4. The number of unbranched alkanes of at least 4 members (excludes halogenated alkanes) is 12. The highest BCUT2D eigenvalue weighted by atomic mass is 16.6. The van der Waals surface area contributed by atoms with Crippen molar-refractivity contribution in [1.29, 1.82) is 0 Å². The van der Waals surface area contributed by atoms with Crippen LogP contribution < -0.4 is 37.6 Å². The average molecular weight is 812 g/mol. The van der Waals surface area contributed by atoms with E-state index >= 15 is 0 Å². The van der Waals surface area contributed by atoms with Gasteiger partial charge in [-0.2, -0.15) is 0 Å². The number of alkyl carbamates (subject to hydrolysis) is 2. The normalized spacial score (nSPS) is 13.2. The molecule has 0 heterocycles. The van der Waals surface area contributed by atoms with Gasteiger partial charge in [0, 0.05) is 32.6 Å². The molecule has 8 N–H and O–H groups in total. The molecule has 332 valence electrons. The molecule has 0 aliphatic rings. The van der Waals surface area contributed by atoms with Gasteiger partial charge < -0.3 is 47.1 Å². The average Bonchev–Trinajstić information content (AvgIpc) is 3.10. The van der Waals surface area contributed by atoms with Crippen LogP contribution in [0.1, 0.15) is 171 Å². The first-order valence-corrected chi connectivity index (χ1v) is 21.6. The summed E-state index contributed by atoms with van der Waals surface area (Å²) >= 11 is 0. The molecule has 57 heavy (non-hydrogen) atoms. The zero-order valence-electron chi connectivity index (χ0n) is 37.0. The summed E-state index contributed by atoms with van der Waals surface area (Å²) in [5.41, 5.74) is 4.60. The Bertz CT molecular complexity index is 1170. The Morgan fingerprint density at radius 2 is 0.982 bits per heavy atom. The van der Waals surface area contributed by atoms with Gasteiger partial charge >= 0.3 is 12.2 Å². The lowest BCUT2D eigenvalue weighted by atomic mass is 10.0. The Balaban J connectivity index is 5.16. The maximum atomic E-state index is 13.7. The lowest BCUT2D eigenvalue weighted by molar-refractivity contribution is -0.134. The molecule has 15 heteroatoms. The van der Waals surface area contributed by atoms with E-state index in [1.807, 2.05) is 0 Å². The smallest absolute Gasteiger partial charge is 0.407 e. The van der Waals surface area contributed by atoms with E-state index in [0.29, 0.717) is 38.8 Å². The summed E-state index contributed by atoms with van der Waals surface area (Å²) in [5, 5.41) is 16.4. The summed E-state index contributed by atoms with van der Waals surface area (Å²) < 4.78 is 10.5. The first-order valence-electron chi connectivity index (χ1n) is 21.6. The molecule has 0 fully saturated rings. The molecule has 0 radical (unpaired) electrons. The van der Waals surface area contributed by atoms with Crippen LogP contribution in [0.5, 0.6) is 0 Å². The number of ether oxygens (including phenoxy) is 2. The van der Waals surface area contributed by atoms with E-state index in [-0.39, 0.29) is 37.8 Å². The molecule has 15 nitrogen and oxygen atoms in total. The third-order valence-corrected chi connectivity index (χ3v) is 8.93. The topological polar surface area (TPSA) is 219 Å². The minimum Gasteiger partial charge on any atom is -0.444 e. The number of rotatable bonds is 30. The van der Waals surface area contributed by atoms with Crippen LogP contribution in [0.25, 0.3) is 0 Å². The fraction of sp³-hybridized carbons (Fsp3) is 0.857. The Morgan fingerprint density at radius 3 is 1.44 bits per heavy atom. The standard InChI is InChI=1S/C42H81N7O8/c1-10-11-12-13-14-15-16-17-18-19-20-21-26-34(50)47-32(25-24-29-46-40(55)57-42(7,8)9)37(52)49-35(31(2)3)38(53)48-33(30-43)36(51)44-27-22-23-28-45-39(54)56-41(4,5)6/h31-33,35H,10-30,43H2,1-9H3,(H,44,51)(H,45,54)(H,46,55)(H,47,50)(H,48,53)(H,49,52)/t32-,33+,35+/m1/s1. The van der Waals surface area contributed by atoms with Crippen molar-refractivity contribution in [3.8, 4) is 0 Å². The summed E-state index contributed by atoms with van der Waals surface area (Å²) in [6, 6.07) is -3.02. The van der Waals surface area contributed by atoms with E-state index in [4.69, 9.17) is 15.2 Å². The number of amides is 6. The molecule has 0 spiro atoms. The van der Waals surface area contributed by atoms with Gasteiger partial charge in [0.05, 0.1) is 0 Å². The van der Waals surface area contributed by atoms with Gasteiger partial charge in [0.1, 0.15) is 29.3 Å². The van der Waals surface area contributed by atoms with E-state index < -0.39 is 59.2 Å². The number of carbonyl (C=O) groups is 6. The molecule has 0 aromatic carbocycles. The van der Waals surface area contributed by atoms with E-state index in [1.54, 1.807) is 55.4 Å². The molecule has 0 aliphatic heterocycles. The fourth-order valence-electron chi connectivity index (χ4n) is 5.84. The molecule has 0 rings (SSSR count). The molecule has 0 aliphatic carbocycles. The molecule has 3 atom stereocenters. The molecule has 0 saturated carbocycles. The van der Waals surface area contributed by atoms with Crippen molar-refractivity contribution in [2.75, 3.05) is 26.2 Å². The monoisotopic (exact) mass is 812 g/mol. The minimum atomic E-state index is -1.04. The lowest BCUT2D eigenvalue weighted by Gasteiger charge is -2.27. The van der Waals surface area contributed by atoms with Gasteiger partial charge in [0.2, 0.25) is 23.6 Å². The number of carbonyl (C=O) groups excluding carboxylic acids is 6. The van der Waals surface area contributed by atoms with Crippen LogP contribution in [0.3, 0.4) is 0 Å². The second-order valence-electron chi connectivity index (χ2n) is 17.3. The quantitative estimate of drug-likeness (QED) is 0.0431. The van der Waals surface area contributed by atoms with Crippen molar-refractivity contribution < 1.29 is 38.2 Å². The van der Waals surface area contributed by atoms with Crippen LogP contribution in [0.4, 0.5) is 9.59 Å². The highest BCUT2D eigenvalue weighted by molar-refractivity contribution is 5.94. The SMILES string of the molecule is CCCCCCCCCCCCCCC(=O)N[C@H](CCCNC(=O)OC(C)(C)C)C(=O)N[C@H](C(=O)N[C@@H](CN)C(=O)NCCCCNC(=O)OC(C)(C)C)C(C)C. The highest BCUT2D eigenvalue weighted by Gasteiger charge is 2.31. The molecule has 0 bridgehead atoms. The maximum absolute atomic E-state index is 13.7. The zero-order chi connectivity index (χ0) is 43.3. The maximum Gasteiger partial charge on any atom is 0.407 e. The Kier molecular flexibility index (Phi) is 28.5. The Labute approximate surface area is 344 Å². The zero-order valence-corrected chi connectivity index (χ0v) is 37.0. The summed E-state index contributed by atoms with van der Waals surface area (Å²) in [5.74, 6) is -2.22. The van der Waals surface area contributed by atoms with Crippen molar-refractivity contribution in [1.82, 2.24) is 31.9 Å². The molecular formula is C42H81N7O8. The van der Waals surface area contributed by atoms with Gasteiger partial charge in [-0.1, -0.05) is 91.4 Å². The van der Waals surface area contributed by atoms with Crippen LogP contribution in [-0.4, -0.2) is 91.3 Å². The molecule has 0 aromatic rings. The van der Waals surface area contributed by atoms with Gasteiger partial charge in [-0.25, -0.2) is 9.59 Å². The number of nitrogens with one attached hydrogen (secondary N) is 6. The number of hydrogen-bond acceptors (Lipinski definition) is 9. The largest absolute Gasteiger partial charge is 0.444 e. The molecule has 0 unspecified atom stereocenters. The third-order valence-electron chi connectivity index (χ3n) is 8.93. The summed E-state index contributed by atoms with van der Waals surface area (Å²) in [7, 11) is 0. The van der Waals surface area contributed by atoms with Gasteiger partial charge in [-0.3, -0.25) is 19.2 Å². The lowest BCUT2D eigenvalue weighted by Crippen LogP contribution is -2.59. The Hall–Kier alpha value is -3.62. The predicted octanol–water partition coefficient (Wildman–Crippen LogP) is 5.87. The van der Waals surface area contributed by atoms with Crippen LogP contribution in [0, 0.1) is 5.92 Å². The van der Waals surface area contributed by atoms with Crippen molar-refractivity contribution in [3.63, 3.8) is 0 Å². The fourth-order valence-corrected chi connectivity index (χ4v) is 5.84. The van der Waals surface area contributed by atoms with Crippen molar-refractivity contribution in [2.45, 2.75) is 201 Å². The van der Waals surface area contributed by atoms with E-state index in [2.05, 4.69) is 38.8 Å². The third kappa shape index (κ3) is 30.2. The van der Waals surface area contributed by atoms with E-state index in [1.165, 1.54) is 51.4 Å². The summed E-state index contributed by atoms with van der Waals surface area (Å²) in [4.78, 5) is 77.0. The highest BCUT2D eigenvalue weighted by Crippen LogP contribution is 2.13. The summed E-state index contributed by atoms with van der Waals surface area (Å²) in [6.45, 7) is 17.1. The van der Waals surface area contributed by atoms with E-state index in [9.17, 15) is 28.8 Å². The molecular weight excluding hydrogens is 731 g/mol. The second-order valence-corrected chi connectivity index (χ2v) is 17.3. The van der Waals surface area contributed by atoms with Gasteiger partial charge in [-0.15, -0.1) is 0 Å². The summed E-state index contributed by atoms with van der Waals surface area (Å²) in [6.07, 6.45) is 15.0. The Morgan fingerprint density at radius 1 is 0.526 bits per heavy atom. The molecule has 0 saturated heterocycles. The molecule has 6 amide bonds. The van der Waals surface area contributed by atoms with Crippen molar-refractivity contribution in [2.24, 2.45) is 11.7 Å². The van der Waals surface area contributed by atoms with Crippen LogP contribution in [-0.2, 0) is 28.7 Å². The van der Waals surface area contributed by atoms with Crippen LogP contribution in [0.15, 0.2) is 0 Å². The van der Waals surface area contributed by atoms with Gasteiger partial charge in [0.25, 0.3) is 0 Å². The van der Waals surface area contributed by atoms with Crippen LogP contribution >= 0.6 is 0 Å². The van der Waals surface area contributed by atoms with Crippen molar-refractivity contribution in [3.05, 3.63) is 0 Å².